The van der Waals surface area contributed by atoms with Gasteiger partial charge in [-0.2, -0.15) is 5.10 Å². The van der Waals surface area contributed by atoms with Gasteiger partial charge in [-0.15, -0.1) is 0 Å². The fourth-order valence-corrected chi connectivity index (χ4v) is 5.34. The molecule has 196 valence electrons. The maximum atomic E-state index is 14.6. The summed E-state index contributed by atoms with van der Waals surface area (Å²) in [5.41, 5.74) is 2.48. The van der Waals surface area contributed by atoms with Crippen LogP contribution >= 0.6 is 0 Å². The van der Waals surface area contributed by atoms with Crippen LogP contribution in [0, 0.1) is 5.82 Å². The standard InChI is InChI=1S/C25H27FN4O6S/c1-33-10-11-35-23-16-22-19(14-20(23)26)25(28-27-22)24-15-21(29-36-24)17-2-4-18(5-3-17)34-9-6-30-7-12-37(31,32)13-8-30/h2-5,14-16H,6-13H2,1H3,(H,27,28). The maximum Gasteiger partial charge on any atom is 0.188 e. The first-order chi connectivity index (χ1) is 17.9. The molecule has 3 heterocycles. The fraction of sp³-hybridized carbons (Fsp3) is 0.360. The summed E-state index contributed by atoms with van der Waals surface area (Å²) < 4.78 is 59.3. The molecule has 0 amide bonds. The Hall–Kier alpha value is -3.48. The Labute approximate surface area is 213 Å². The quantitative estimate of drug-likeness (QED) is 0.308. The summed E-state index contributed by atoms with van der Waals surface area (Å²) in [6, 6.07) is 12.1. The van der Waals surface area contributed by atoms with E-state index in [1.165, 1.54) is 6.07 Å². The molecule has 1 fully saturated rings. The Morgan fingerprint density at radius 2 is 1.84 bits per heavy atom. The number of H-pyrrole nitrogens is 1. The number of aromatic nitrogens is 3. The molecule has 5 rings (SSSR count). The van der Waals surface area contributed by atoms with Crippen LogP contribution in [0.1, 0.15) is 0 Å². The molecule has 1 N–H and O–H groups in total. The second-order valence-electron chi connectivity index (χ2n) is 8.68. The number of methoxy groups -OCH3 is 1. The zero-order valence-electron chi connectivity index (χ0n) is 20.3. The molecular weight excluding hydrogens is 503 g/mol. The number of halogens is 1. The van der Waals surface area contributed by atoms with Crippen LogP contribution in [0.25, 0.3) is 33.6 Å². The molecule has 4 aromatic rings. The van der Waals surface area contributed by atoms with Crippen molar-refractivity contribution in [2.75, 3.05) is 58.1 Å². The summed E-state index contributed by atoms with van der Waals surface area (Å²) in [5.74, 6) is 1.12. The molecular formula is C25H27FN4O6S. The molecule has 2 aromatic heterocycles. The molecule has 0 saturated carbocycles. The number of rotatable bonds is 10. The average molecular weight is 531 g/mol. The lowest BCUT2D eigenvalue weighted by atomic mass is 10.1. The van der Waals surface area contributed by atoms with E-state index in [0.29, 0.717) is 66.6 Å². The molecule has 37 heavy (non-hydrogen) atoms. The van der Waals surface area contributed by atoms with Gasteiger partial charge in [-0.1, -0.05) is 5.16 Å². The monoisotopic (exact) mass is 530 g/mol. The minimum absolute atomic E-state index is 0.115. The molecule has 2 aromatic carbocycles. The summed E-state index contributed by atoms with van der Waals surface area (Å²) >= 11 is 0. The van der Waals surface area contributed by atoms with E-state index < -0.39 is 15.7 Å². The van der Waals surface area contributed by atoms with Crippen molar-refractivity contribution in [3.05, 3.63) is 48.3 Å². The van der Waals surface area contributed by atoms with Gasteiger partial charge in [0.05, 0.1) is 23.6 Å². The Morgan fingerprint density at radius 3 is 2.59 bits per heavy atom. The van der Waals surface area contributed by atoms with Gasteiger partial charge >= 0.3 is 0 Å². The molecule has 0 radical (unpaired) electrons. The Balaban J connectivity index is 1.22. The first kappa shape index (κ1) is 25.2. The largest absolute Gasteiger partial charge is 0.492 e. The normalized spacial score (nSPS) is 15.7. The van der Waals surface area contributed by atoms with Crippen LogP contribution in [0.4, 0.5) is 4.39 Å². The van der Waals surface area contributed by atoms with E-state index in [-0.39, 0.29) is 23.9 Å². The van der Waals surface area contributed by atoms with Crippen molar-refractivity contribution in [2.45, 2.75) is 0 Å². The third-order valence-corrected chi connectivity index (χ3v) is 7.78. The minimum atomic E-state index is -2.88. The highest BCUT2D eigenvalue weighted by Crippen LogP contribution is 2.33. The molecule has 0 unspecified atom stereocenters. The van der Waals surface area contributed by atoms with Crippen molar-refractivity contribution in [2.24, 2.45) is 0 Å². The number of fused-ring (bicyclic) bond motifs is 1. The van der Waals surface area contributed by atoms with Gasteiger partial charge in [-0.25, -0.2) is 12.8 Å². The number of ether oxygens (including phenoxy) is 3. The molecule has 0 aliphatic carbocycles. The number of benzene rings is 2. The van der Waals surface area contributed by atoms with Crippen LogP contribution in [0.3, 0.4) is 0 Å². The predicted octanol–water partition coefficient (Wildman–Crippen LogP) is 3.16. The minimum Gasteiger partial charge on any atom is -0.492 e. The predicted molar refractivity (Wildman–Crippen MR) is 135 cm³/mol. The second-order valence-corrected chi connectivity index (χ2v) is 11.0. The van der Waals surface area contributed by atoms with E-state index in [0.717, 1.165) is 5.56 Å². The molecule has 0 atom stereocenters. The van der Waals surface area contributed by atoms with Gasteiger partial charge < -0.3 is 18.7 Å². The Morgan fingerprint density at radius 1 is 1.05 bits per heavy atom. The molecule has 0 bridgehead atoms. The fourth-order valence-electron chi connectivity index (χ4n) is 4.06. The summed E-state index contributed by atoms with van der Waals surface area (Å²) in [6.45, 7) is 2.81. The van der Waals surface area contributed by atoms with Crippen molar-refractivity contribution in [3.8, 4) is 34.2 Å². The highest BCUT2D eigenvalue weighted by molar-refractivity contribution is 7.91. The molecule has 12 heteroatoms. The van der Waals surface area contributed by atoms with Crippen LogP contribution in [0.15, 0.2) is 47.0 Å². The zero-order chi connectivity index (χ0) is 25.8. The zero-order valence-corrected chi connectivity index (χ0v) is 21.1. The van der Waals surface area contributed by atoms with Crippen molar-refractivity contribution in [3.63, 3.8) is 0 Å². The summed E-state index contributed by atoms with van der Waals surface area (Å²) in [4.78, 5) is 2.09. The van der Waals surface area contributed by atoms with Crippen LogP contribution in [-0.2, 0) is 14.6 Å². The lowest BCUT2D eigenvalue weighted by Crippen LogP contribution is -2.42. The summed E-state index contributed by atoms with van der Waals surface area (Å²) in [5, 5.41) is 11.9. The number of nitrogens with zero attached hydrogens (tertiary/aromatic N) is 3. The van der Waals surface area contributed by atoms with E-state index in [9.17, 15) is 12.8 Å². The first-order valence-corrected chi connectivity index (χ1v) is 13.7. The van der Waals surface area contributed by atoms with Crippen molar-refractivity contribution >= 4 is 20.7 Å². The highest BCUT2D eigenvalue weighted by Gasteiger charge is 2.21. The third-order valence-electron chi connectivity index (χ3n) is 6.17. The van der Waals surface area contributed by atoms with E-state index in [4.69, 9.17) is 18.7 Å². The van der Waals surface area contributed by atoms with Gasteiger partial charge in [0.15, 0.2) is 27.2 Å². The summed E-state index contributed by atoms with van der Waals surface area (Å²) in [7, 11) is -1.33. The molecule has 0 spiro atoms. The van der Waals surface area contributed by atoms with Crippen LogP contribution < -0.4 is 9.47 Å². The van der Waals surface area contributed by atoms with Gasteiger partial charge in [0, 0.05) is 49.8 Å². The average Bonchev–Trinajstić information content (AvgIpc) is 3.53. The topological polar surface area (TPSA) is 120 Å². The van der Waals surface area contributed by atoms with E-state index >= 15 is 0 Å². The molecule has 1 saturated heterocycles. The van der Waals surface area contributed by atoms with Crippen molar-refractivity contribution < 1.29 is 31.5 Å². The van der Waals surface area contributed by atoms with E-state index in [1.54, 1.807) is 19.2 Å². The first-order valence-electron chi connectivity index (χ1n) is 11.8. The Kier molecular flexibility index (Phi) is 7.40. The number of aromatic amines is 1. The second kappa shape index (κ2) is 10.9. The van der Waals surface area contributed by atoms with Gasteiger partial charge in [-0.05, 0) is 30.3 Å². The van der Waals surface area contributed by atoms with Crippen LogP contribution in [0.5, 0.6) is 11.5 Å². The number of hydrogen-bond donors (Lipinski definition) is 1. The molecule has 10 nitrogen and oxygen atoms in total. The lowest BCUT2D eigenvalue weighted by molar-refractivity contribution is 0.144. The highest BCUT2D eigenvalue weighted by atomic mass is 32.2. The van der Waals surface area contributed by atoms with Crippen molar-refractivity contribution in [1.82, 2.24) is 20.3 Å². The van der Waals surface area contributed by atoms with Gasteiger partial charge in [0.2, 0.25) is 0 Å². The SMILES string of the molecule is COCCOc1cc2[nH]nc(-c3cc(-c4ccc(OCCN5CCS(=O)(=O)CC5)cc4)no3)c2cc1F. The number of nitrogens with one attached hydrogen (secondary N) is 1. The van der Waals surface area contributed by atoms with Gasteiger partial charge in [0.25, 0.3) is 0 Å². The smallest absolute Gasteiger partial charge is 0.188 e. The molecule has 1 aliphatic rings. The van der Waals surface area contributed by atoms with Crippen molar-refractivity contribution in [1.29, 1.82) is 0 Å². The molecule has 1 aliphatic heterocycles. The number of hydrogen-bond acceptors (Lipinski definition) is 9. The van der Waals surface area contributed by atoms with Crippen LogP contribution in [0.2, 0.25) is 0 Å². The van der Waals surface area contributed by atoms with Gasteiger partial charge in [0.1, 0.15) is 30.4 Å². The number of sulfone groups is 1. The third kappa shape index (κ3) is 5.92. The van der Waals surface area contributed by atoms with Crippen LogP contribution in [-0.4, -0.2) is 86.7 Å². The summed E-state index contributed by atoms with van der Waals surface area (Å²) in [6.07, 6.45) is 0. The van der Waals surface area contributed by atoms with E-state index in [2.05, 4.69) is 20.3 Å². The lowest BCUT2D eigenvalue weighted by Gasteiger charge is -2.26. The maximum absolute atomic E-state index is 14.6. The Bertz CT molecular complexity index is 1450. The van der Waals surface area contributed by atoms with Gasteiger partial charge in [-0.3, -0.25) is 10.00 Å². The van der Waals surface area contributed by atoms with E-state index in [1.807, 2.05) is 24.3 Å².